The van der Waals surface area contributed by atoms with Crippen LogP contribution < -0.4 is 5.32 Å². The zero-order valence-electron chi connectivity index (χ0n) is 24.9. The van der Waals surface area contributed by atoms with Crippen LogP contribution in [0.1, 0.15) is 142 Å². The van der Waals surface area contributed by atoms with Gasteiger partial charge in [0.05, 0.1) is 17.9 Å². The highest BCUT2D eigenvalue weighted by Gasteiger charge is 2.27. The van der Waals surface area contributed by atoms with E-state index in [9.17, 15) is 28.0 Å². The monoisotopic (exact) mass is 573 g/mol. The number of hydrogen-bond donors (Lipinski definition) is 4. The first-order valence-corrected chi connectivity index (χ1v) is 17.3. The Morgan fingerprint density at radius 2 is 1.15 bits per heavy atom. The zero-order valence-corrected chi connectivity index (χ0v) is 25.7. The molecule has 0 saturated carbocycles. The van der Waals surface area contributed by atoms with Gasteiger partial charge in [0, 0.05) is 0 Å². The lowest BCUT2D eigenvalue weighted by Crippen LogP contribution is -2.50. The van der Waals surface area contributed by atoms with E-state index < -0.39 is 40.0 Å². The van der Waals surface area contributed by atoms with E-state index in [1.165, 1.54) is 76.7 Å². The lowest BCUT2D eigenvalue weighted by molar-refractivity contribution is -0.130. The van der Waals surface area contributed by atoms with Crippen molar-refractivity contribution in [2.24, 2.45) is 0 Å². The first kappa shape index (κ1) is 37.8. The lowest BCUT2D eigenvalue weighted by Gasteiger charge is -2.22. The van der Waals surface area contributed by atoms with Crippen molar-refractivity contribution in [2.75, 3.05) is 5.75 Å². The summed E-state index contributed by atoms with van der Waals surface area (Å²) in [6.07, 6.45) is 26.7. The van der Waals surface area contributed by atoms with Gasteiger partial charge in [-0.15, -0.1) is 0 Å². The largest absolute Gasteiger partial charge is 0.387 e. The minimum Gasteiger partial charge on any atom is -0.387 e. The Bertz CT molecular complexity index is 737. The van der Waals surface area contributed by atoms with Crippen LogP contribution in [0.25, 0.3) is 0 Å². The highest BCUT2D eigenvalue weighted by Crippen LogP contribution is 2.13. The Balaban J connectivity index is 4.27. The summed E-state index contributed by atoms with van der Waals surface area (Å²) in [6, 6.07) is -1.23. The van der Waals surface area contributed by atoms with Crippen molar-refractivity contribution in [1.82, 2.24) is 5.32 Å². The summed E-state index contributed by atoms with van der Waals surface area (Å²) in [5, 5.41) is 23.1. The van der Waals surface area contributed by atoms with E-state index in [4.69, 9.17) is 0 Å². The predicted octanol–water partition coefficient (Wildman–Crippen LogP) is 7.04. The van der Waals surface area contributed by atoms with Gasteiger partial charge >= 0.3 is 0 Å². The maximum absolute atomic E-state index is 12.4. The van der Waals surface area contributed by atoms with Crippen molar-refractivity contribution in [3.8, 4) is 0 Å². The first-order valence-electron chi connectivity index (χ1n) is 15.6. The maximum atomic E-state index is 12.4. The number of nitrogens with one attached hydrogen (secondary N) is 1. The van der Waals surface area contributed by atoms with Crippen LogP contribution in [0.15, 0.2) is 24.3 Å². The Hall–Kier alpha value is -1.22. The van der Waals surface area contributed by atoms with Gasteiger partial charge in [-0.2, -0.15) is 8.42 Å². The second-order valence-corrected chi connectivity index (χ2v) is 12.4. The lowest BCUT2D eigenvalue weighted by atomic mass is 10.0. The summed E-state index contributed by atoms with van der Waals surface area (Å²) in [7, 11) is -4.43. The third-order valence-electron chi connectivity index (χ3n) is 6.98. The molecule has 0 radical (unpaired) electrons. The molecule has 0 aromatic carbocycles. The molecule has 0 aromatic heterocycles. The number of allylic oxidation sites excluding steroid dienone is 3. The molecule has 3 unspecified atom stereocenters. The second-order valence-electron chi connectivity index (χ2n) is 10.9. The molecule has 0 bridgehead atoms. The summed E-state index contributed by atoms with van der Waals surface area (Å²) in [4.78, 5) is 12.4. The van der Waals surface area contributed by atoms with Crippen LogP contribution in [-0.2, 0) is 14.9 Å². The van der Waals surface area contributed by atoms with Gasteiger partial charge < -0.3 is 15.5 Å². The standard InChI is InChI=1S/C31H59NO6S/c1-3-5-7-9-11-13-14-15-16-18-19-21-23-25-29(33)28(27-39(36,37)38)32-31(35)30(34)26-24-22-20-17-12-10-8-6-4-2/h10,12,23,25,28-30,33-34H,3-9,11,13-22,24,26-27H2,1-2H3,(H,32,35)(H,36,37,38)/b12-10-,25-23+. The number of amides is 1. The highest BCUT2D eigenvalue weighted by molar-refractivity contribution is 7.85. The minimum atomic E-state index is -4.43. The van der Waals surface area contributed by atoms with Gasteiger partial charge in [-0.1, -0.05) is 128 Å². The molecule has 39 heavy (non-hydrogen) atoms. The Labute approximate surface area is 239 Å². The summed E-state index contributed by atoms with van der Waals surface area (Å²) in [5.41, 5.74) is 0. The Morgan fingerprint density at radius 3 is 1.69 bits per heavy atom. The van der Waals surface area contributed by atoms with E-state index in [0.717, 1.165) is 44.9 Å². The third-order valence-corrected chi connectivity index (χ3v) is 7.76. The topological polar surface area (TPSA) is 124 Å². The molecule has 0 heterocycles. The van der Waals surface area contributed by atoms with E-state index in [2.05, 4.69) is 31.3 Å². The molecule has 4 N–H and O–H groups in total. The number of aliphatic hydroxyl groups is 2. The molecule has 0 aliphatic heterocycles. The van der Waals surface area contributed by atoms with Crippen LogP contribution >= 0.6 is 0 Å². The SMILES string of the molecule is CCCC/C=C\CCCCCC(O)C(=O)NC(CS(=O)(=O)O)C(O)/C=C/CCCCCCCCCCCCC. The number of carbonyl (C=O) groups excluding carboxylic acids is 1. The molecule has 0 aromatic rings. The fourth-order valence-corrected chi connectivity index (χ4v) is 5.23. The van der Waals surface area contributed by atoms with E-state index in [0.29, 0.717) is 6.42 Å². The molecule has 3 atom stereocenters. The summed E-state index contributed by atoms with van der Waals surface area (Å²) < 4.78 is 32.2. The number of unbranched alkanes of at least 4 members (excludes halogenated alkanes) is 16. The van der Waals surface area contributed by atoms with Crippen LogP contribution in [0.5, 0.6) is 0 Å². The van der Waals surface area contributed by atoms with Crippen molar-refractivity contribution in [3.63, 3.8) is 0 Å². The van der Waals surface area contributed by atoms with E-state index in [1.54, 1.807) is 6.08 Å². The summed E-state index contributed by atoms with van der Waals surface area (Å²) in [6.45, 7) is 4.40. The van der Waals surface area contributed by atoms with E-state index >= 15 is 0 Å². The normalized spacial score (nSPS) is 14.7. The molecule has 230 valence electrons. The molecule has 0 aliphatic rings. The molecular weight excluding hydrogens is 514 g/mol. The van der Waals surface area contributed by atoms with Gasteiger partial charge in [0.1, 0.15) is 6.10 Å². The number of aliphatic hydroxyl groups excluding tert-OH is 2. The van der Waals surface area contributed by atoms with Crippen molar-refractivity contribution < 1.29 is 28.0 Å². The number of hydrogen-bond acceptors (Lipinski definition) is 5. The fraction of sp³-hybridized carbons (Fsp3) is 0.839. The molecule has 0 spiro atoms. The molecule has 0 rings (SSSR count). The van der Waals surface area contributed by atoms with Crippen LogP contribution in [0.3, 0.4) is 0 Å². The molecule has 0 saturated heterocycles. The van der Waals surface area contributed by atoms with Gasteiger partial charge in [-0.3, -0.25) is 9.35 Å². The van der Waals surface area contributed by atoms with Gasteiger partial charge in [0.25, 0.3) is 10.1 Å². The smallest absolute Gasteiger partial charge is 0.267 e. The number of carbonyl (C=O) groups is 1. The molecule has 7 nitrogen and oxygen atoms in total. The van der Waals surface area contributed by atoms with Crippen LogP contribution in [0.4, 0.5) is 0 Å². The summed E-state index contributed by atoms with van der Waals surface area (Å²) >= 11 is 0. The summed E-state index contributed by atoms with van der Waals surface area (Å²) in [5.74, 6) is -1.55. The van der Waals surface area contributed by atoms with Gasteiger partial charge in [0.15, 0.2) is 0 Å². The fourth-order valence-electron chi connectivity index (χ4n) is 4.49. The van der Waals surface area contributed by atoms with Crippen LogP contribution in [0.2, 0.25) is 0 Å². The third kappa shape index (κ3) is 25.5. The Morgan fingerprint density at radius 1 is 0.692 bits per heavy atom. The van der Waals surface area contributed by atoms with Crippen molar-refractivity contribution in [1.29, 1.82) is 0 Å². The van der Waals surface area contributed by atoms with Crippen LogP contribution in [0, 0.1) is 0 Å². The zero-order chi connectivity index (χ0) is 29.2. The second kappa shape index (κ2) is 25.7. The van der Waals surface area contributed by atoms with Gasteiger partial charge in [-0.25, -0.2) is 0 Å². The van der Waals surface area contributed by atoms with E-state index in [-0.39, 0.29) is 6.42 Å². The molecule has 1 amide bonds. The Kier molecular flexibility index (Phi) is 24.9. The molecule has 8 heteroatoms. The number of rotatable bonds is 27. The quantitative estimate of drug-likeness (QED) is 0.0475. The average Bonchev–Trinajstić information content (AvgIpc) is 2.88. The van der Waals surface area contributed by atoms with Gasteiger partial charge in [0.2, 0.25) is 5.91 Å². The molecule has 0 fully saturated rings. The van der Waals surface area contributed by atoms with Crippen molar-refractivity contribution >= 4 is 16.0 Å². The van der Waals surface area contributed by atoms with E-state index in [1.807, 2.05) is 0 Å². The van der Waals surface area contributed by atoms with Crippen molar-refractivity contribution in [3.05, 3.63) is 24.3 Å². The van der Waals surface area contributed by atoms with Crippen LogP contribution in [-0.4, -0.2) is 53.1 Å². The van der Waals surface area contributed by atoms with Crippen molar-refractivity contribution in [2.45, 2.75) is 161 Å². The average molecular weight is 574 g/mol. The van der Waals surface area contributed by atoms with Gasteiger partial charge in [-0.05, 0) is 38.5 Å². The predicted molar refractivity (Wildman–Crippen MR) is 162 cm³/mol. The highest BCUT2D eigenvalue weighted by atomic mass is 32.2. The first-order chi connectivity index (χ1) is 18.7. The minimum absolute atomic E-state index is 0.259. The maximum Gasteiger partial charge on any atom is 0.267 e. The molecule has 0 aliphatic carbocycles. The molecular formula is C31H59NO6S.